The van der Waals surface area contributed by atoms with Gasteiger partial charge < -0.3 is 10.5 Å². The van der Waals surface area contributed by atoms with E-state index in [0.29, 0.717) is 13.0 Å². The maximum atomic E-state index is 12.5. The van der Waals surface area contributed by atoms with E-state index in [9.17, 15) is 8.78 Å². The maximum Gasteiger partial charge on any atom is 0.263 e. The van der Waals surface area contributed by atoms with Gasteiger partial charge in [-0.15, -0.1) is 0 Å². The van der Waals surface area contributed by atoms with Crippen LogP contribution in [0.3, 0.4) is 0 Å². The molecule has 0 spiro atoms. The van der Waals surface area contributed by atoms with Crippen LogP contribution in [0.4, 0.5) is 8.78 Å². The lowest BCUT2D eigenvalue weighted by Gasteiger charge is -2.27. The number of halogens is 2. The number of hydrogen-bond donors (Lipinski definition) is 1. The lowest BCUT2D eigenvalue weighted by Crippen LogP contribution is -2.30. The van der Waals surface area contributed by atoms with Crippen LogP contribution in [0.25, 0.3) is 0 Å². The zero-order chi connectivity index (χ0) is 11.5. The SMILES string of the molecule is NC1CCOC(c2cccc(C(F)F)c2)C1. The van der Waals surface area contributed by atoms with Gasteiger partial charge in [-0.1, -0.05) is 18.2 Å². The van der Waals surface area contributed by atoms with Gasteiger partial charge in [0.1, 0.15) is 0 Å². The number of benzene rings is 1. The first-order chi connectivity index (χ1) is 7.66. The minimum atomic E-state index is -2.43. The van der Waals surface area contributed by atoms with E-state index >= 15 is 0 Å². The Balaban J connectivity index is 2.16. The number of ether oxygens (including phenoxy) is 1. The fraction of sp³-hybridized carbons (Fsp3) is 0.500. The van der Waals surface area contributed by atoms with E-state index < -0.39 is 6.43 Å². The van der Waals surface area contributed by atoms with Crippen LogP contribution < -0.4 is 5.73 Å². The zero-order valence-corrected chi connectivity index (χ0v) is 8.90. The summed E-state index contributed by atoms with van der Waals surface area (Å²) in [7, 11) is 0. The molecule has 1 saturated heterocycles. The molecule has 0 aromatic heterocycles. The molecule has 2 unspecified atom stereocenters. The Hall–Kier alpha value is -1.00. The number of rotatable bonds is 2. The van der Waals surface area contributed by atoms with Gasteiger partial charge in [-0.25, -0.2) is 8.78 Å². The highest BCUT2D eigenvalue weighted by atomic mass is 19.3. The summed E-state index contributed by atoms with van der Waals surface area (Å²) >= 11 is 0. The van der Waals surface area contributed by atoms with E-state index in [-0.39, 0.29) is 17.7 Å². The first-order valence-electron chi connectivity index (χ1n) is 5.42. The summed E-state index contributed by atoms with van der Waals surface area (Å²) in [4.78, 5) is 0. The molecule has 1 aromatic rings. The Morgan fingerprint density at radius 1 is 1.38 bits per heavy atom. The van der Waals surface area contributed by atoms with Gasteiger partial charge in [0, 0.05) is 18.2 Å². The predicted octanol–water partition coefficient (Wildman–Crippen LogP) is 2.80. The molecule has 2 N–H and O–H groups in total. The fourth-order valence-corrected chi connectivity index (χ4v) is 1.95. The smallest absolute Gasteiger partial charge is 0.263 e. The first-order valence-corrected chi connectivity index (χ1v) is 5.42. The van der Waals surface area contributed by atoms with Crippen molar-refractivity contribution in [3.63, 3.8) is 0 Å². The molecule has 16 heavy (non-hydrogen) atoms. The third kappa shape index (κ3) is 2.57. The third-order valence-electron chi connectivity index (χ3n) is 2.86. The van der Waals surface area contributed by atoms with E-state index in [1.807, 2.05) is 6.07 Å². The highest BCUT2D eigenvalue weighted by Crippen LogP contribution is 2.29. The van der Waals surface area contributed by atoms with Crippen molar-refractivity contribution in [3.05, 3.63) is 35.4 Å². The van der Waals surface area contributed by atoms with Gasteiger partial charge >= 0.3 is 0 Å². The molecule has 2 rings (SSSR count). The Morgan fingerprint density at radius 2 is 2.19 bits per heavy atom. The van der Waals surface area contributed by atoms with Crippen LogP contribution in [-0.4, -0.2) is 12.6 Å². The van der Waals surface area contributed by atoms with Crippen molar-refractivity contribution in [1.82, 2.24) is 0 Å². The van der Waals surface area contributed by atoms with E-state index in [4.69, 9.17) is 10.5 Å². The second kappa shape index (κ2) is 4.89. The van der Waals surface area contributed by atoms with Gasteiger partial charge in [-0.2, -0.15) is 0 Å². The van der Waals surface area contributed by atoms with E-state index in [1.165, 1.54) is 12.1 Å². The van der Waals surface area contributed by atoms with Gasteiger partial charge in [0.15, 0.2) is 0 Å². The van der Waals surface area contributed by atoms with Crippen LogP contribution >= 0.6 is 0 Å². The van der Waals surface area contributed by atoms with Gasteiger partial charge in [0.25, 0.3) is 6.43 Å². The molecule has 2 atom stereocenters. The molecule has 2 nitrogen and oxygen atoms in total. The normalized spacial score (nSPS) is 26.0. The van der Waals surface area contributed by atoms with Crippen molar-refractivity contribution in [2.75, 3.05) is 6.61 Å². The van der Waals surface area contributed by atoms with Crippen molar-refractivity contribution in [1.29, 1.82) is 0 Å². The van der Waals surface area contributed by atoms with Gasteiger partial charge in [0.05, 0.1) is 6.10 Å². The van der Waals surface area contributed by atoms with Gasteiger partial charge in [-0.3, -0.25) is 0 Å². The molecular weight excluding hydrogens is 212 g/mol. The highest BCUT2D eigenvalue weighted by molar-refractivity contribution is 5.26. The summed E-state index contributed by atoms with van der Waals surface area (Å²) in [5, 5.41) is 0. The van der Waals surface area contributed by atoms with E-state index in [0.717, 1.165) is 12.0 Å². The van der Waals surface area contributed by atoms with Crippen LogP contribution in [0, 0.1) is 0 Å². The number of hydrogen-bond acceptors (Lipinski definition) is 2. The van der Waals surface area contributed by atoms with Crippen LogP contribution in [0.15, 0.2) is 24.3 Å². The largest absolute Gasteiger partial charge is 0.373 e. The highest BCUT2D eigenvalue weighted by Gasteiger charge is 2.22. The molecule has 1 heterocycles. The summed E-state index contributed by atoms with van der Waals surface area (Å²) in [5.74, 6) is 0. The summed E-state index contributed by atoms with van der Waals surface area (Å²) in [5.41, 5.74) is 6.67. The molecule has 0 bridgehead atoms. The zero-order valence-electron chi connectivity index (χ0n) is 8.90. The molecule has 0 aliphatic carbocycles. The van der Waals surface area contributed by atoms with Crippen molar-refractivity contribution in [2.24, 2.45) is 5.73 Å². The lowest BCUT2D eigenvalue weighted by molar-refractivity contribution is 0.00650. The van der Waals surface area contributed by atoms with Crippen molar-refractivity contribution < 1.29 is 13.5 Å². The summed E-state index contributed by atoms with van der Waals surface area (Å²) in [6.07, 6.45) is -1.03. The Kier molecular flexibility index (Phi) is 3.51. The number of nitrogens with two attached hydrogens (primary N) is 1. The standard InChI is InChI=1S/C12H15F2NO/c13-12(14)9-3-1-2-8(6-9)11-7-10(15)4-5-16-11/h1-3,6,10-12H,4-5,7,15H2. The molecule has 1 aromatic carbocycles. The van der Waals surface area contributed by atoms with Gasteiger partial charge in [-0.05, 0) is 24.5 Å². The molecule has 0 saturated carbocycles. The van der Waals surface area contributed by atoms with Crippen LogP contribution in [0.5, 0.6) is 0 Å². The topological polar surface area (TPSA) is 35.2 Å². The van der Waals surface area contributed by atoms with Crippen LogP contribution in [0.1, 0.15) is 36.5 Å². The summed E-state index contributed by atoms with van der Waals surface area (Å²) in [6, 6.07) is 6.49. The monoisotopic (exact) mass is 227 g/mol. The molecule has 1 fully saturated rings. The first kappa shape index (κ1) is 11.5. The summed E-state index contributed by atoms with van der Waals surface area (Å²) in [6.45, 7) is 0.602. The lowest BCUT2D eigenvalue weighted by atomic mass is 9.97. The third-order valence-corrected chi connectivity index (χ3v) is 2.86. The van der Waals surface area contributed by atoms with Crippen molar-refractivity contribution >= 4 is 0 Å². The molecule has 4 heteroatoms. The molecule has 1 aliphatic rings. The van der Waals surface area contributed by atoms with E-state index in [1.54, 1.807) is 6.07 Å². The Bertz CT molecular complexity index is 357. The van der Waals surface area contributed by atoms with Crippen molar-refractivity contribution in [3.8, 4) is 0 Å². The van der Waals surface area contributed by atoms with Crippen LogP contribution in [0.2, 0.25) is 0 Å². The second-order valence-electron chi connectivity index (χ2n) is 4.11. The molecule has 1 aliphatic heterocycles. The average molecular weight is 227 g/mol. The Labute approximate surface area is 93.4 Å². The van der Waals surface area contributed by atoms with Gasteiger partial charge in [0.2, 0.25) is 0 Å². The predicted molar refractivity (Wildman–Crippen MR) is 57.3 cm³/mol. The van der Waals surface area contributed by atoms with E-state index in [2.05, 4.69) is 0 Å². The molecule has 0 radical (unpaired) electrons. The average Bonchev–Trinajstić information content (AvgIpc) is 2.29. The quantitative estimate of drug-likeness (QED) is 0.843. The fourth-order valence-electron chi connectivity index (χ4n) is 1.95. The maximum absolute atomic E-state index is 12.5. The van der Waals surface area contributed by atoms with Crippen LogP contribution in [-0.2, 0) is 4.74 Å². The Morgan fingerprint density at radius 3 is 2.88 bits per heavy atom. The molecular formula is C12H15F2NO. The number of alkyl halides is 2. The minimum Gasteiger partial charge on any atom is -0.373 e. The van der Waals surface area contributed by atoms with Crippen molar-refractivity contribution in [2.45, 2.75) is 31.4 Å². The molecule has 88 valence electrons. The second-order valence-corrected chi connectivity index (χ2v) is 4.11. The summed E-state index contributed by atoms with van der Waals surface area (Å²) < 4.78 is 30.6. The minimum absolute atomic E-state index is 0.0419. The molecule has 0 amide bonds.